The Morgan fingerprint density at radius 3 is 0.739 bits per heavy atom. The third-order valence-corrected chi connectivity index (χ3v) is 7.83. The molecule has 5 rings (SSSR count). The zero-order valence-electron chi connectivity index (χ0n) is 30.1. The Morgan fingerprint density at radius 2 is 0.565 bits per heavy atom. The second-order valence-corrected chi connectivity index (χ2v) is 11.8. The number of aryl methyl sites for hydroxylation is 4. The van der Waals surface area contributed by atoms with Crippen LogP contribution in [0.4, 0.5) is 0 Å². The largest absolute Gasteiger partial charge is 0.400 e. The Bertz CT molecular complexity index is 1270. The Morgan fingerprint density at radius 1 is 0.348 bits per heavy atom. The number of benzene rings is 5. The maximum atomic E-state index is 7.00. The molecular formula is C45H60O. The van der Waals surface area contributed by atoms with Crippen LogP contribution in [0.5, 0.6) is 0 Å². The molecule has 5 aromatic carbocycles. The Labute approximate surface area is 282 Å². The first-order valence-electron chi connectivity index (χ1n) is 17.1. The normalized spacial score (nSPS) is 9.83. The molecule has 1 heteroatoms. The first kappa shape index (κ1) is 40.1. The number of hydrogen-bond acceptors (Lipinski definition) is 1. The van der Waals surface area contributed by atoms with E-state index >= 15 is 0 Å². The third-order valence-electron chi connectivity index (χ3n) is 7.83. The average molecular weight is 617 g/mol. The van der Waals surface area contributed by atoms with E-state index in [1.165, 1.54) is 44.5 Å². The van der Waals surface area contributed by atoms with Crippen LogP contribution in [-0.2, 0) is 25.7 Å². The summed E-state index contributed by atoms with van der Waals surface area (Å²) in [6.07, 6.45) is 4.50. The van der Waals surface area contributed by atoms with Gasteiger partial charge in [-0.25, -0.2) is 0 Å². The smallest absolute Gasteiger partial charge is 0.0319 e. The maximum Gasteiger partial charge on any atom is 0.0319 e. The van der Waals surface area contributed by atoms with Gasteiger partial charge in [0.25, 0.3) is 0 Å². The molecule has 0 aromatic heterocycles. The molecule has 0 spiro atoms. The lowest BCUT2D eigenvalue weighted by Crippen LogP contribution is -1.83. The molecule has 0 amide bonds. The van der Waals surface area contributed by atoms with E-state index in [-0.39, 0.29) is 0 Å². The molecular weight excluding hydrogens is 556 g/mol. The molecule has 0 saturated heterocycles. The molecule has 1 N–H and O–H groups in total. The predicted molar refractivity (Wildman–Crippen MR) is 205 cm³/mol. The minimum atomic E-state index is 0.659. The fourth-order valence-electron chi connectivity index (χ4n) is 4.55. The number of aliphatic hydroxyl groups is 1. The fraction of sp³-hybridized carbons (Fsp3) is 0.333. The van der Waals surface area contributed by atoms with Gasteiger partial charge in [-0.2, -0.15) is 0 Å². The minimum absolute atomic E-state index is 0.659. The highest BCUT2D eigenvalue weighted by Crippen LogP contribution is 2.20. The molecule has 0 fully saturated rings. The molecule has 5 aromatic rings. The van der Waals surface area contributed by atoms with E-state index < -0.39 is 0 Å². The lowest BCUT2D eigenvalue weighted by atomic mass is 10.0. The van der Waals surface area contributed by atoms with Crippen molar-refractivity contribution in [2.75, 3.05) is 7.11 Å². The average Bonchev–Trinajstić information content (AvgIpc) is 3.14. The van der Waals surface area contributed by atoms with E-state index in [0.29, 0.717) is 11.8 Å². The highest BCUT2D eigenvalue weighted by atomic mass is 16.2. The predicted octanol–water partition coefficient (Wildman–Crippen LogP) is 12.5. The van der Waals surface area contributed by atoms with Gasteiger partial charge in [0.2, 0.25) is 0 Å². The summed E-state index contributed by atoms with van der Waals surface area (Å²) in [4.78, 5) is 0. The molecule has 0 heterocycles. The lowest BCUT2D eigenvalue weighted by Gasteiger charge is -2.04. The molecule has 0 aliphatic rings. The highest BCUT2D eigenvalue weighted by molar-refractivity contribution is 5.64. The van der Waals surface area contributed by atoms with Crippen LogP contribution in [0, 0.1) is 0 Å². The van der Waals surface area contributed by atoms with E-state index in [1.54, 1.807) is 0 Å². The number of hydrogen-bond donors (Lipinski definition) is 1. The summed E-state index contributed by atoms with van der Waals surface area (Å²) in [7, 11) is 1.00. The highest BCUT2D eigenvalue weighted by Gasteiger charge is 1.98. The fourth-order valence-corrected chi connectivity index (χ4v) is 4.55. The van der Waals surface area contributed by atoms with Crippen molar-refractivity contribution in [2.45, 2.75) is 92.9 Å². The van der Waals surface area contributed by atoms with Crippen LogP contribution in [0.2, 0.25) is 0 Å². The van der Waals surface area contributed by atoms with Crippen LogP contribution >= 0.6 is 0 Å². The second-order valence-electron chi connectivity index (χ2n) is 11.8. The van der Waals surface area contributed by atoms with Crippen molar-refractivity contribution in [3.05, 3.63) is 167 Å². The molecule has 0 aliphatic carbocycles. The quantitative estimate of drug-likeness (QED) is 0.193. The summed E-state index contributed by atoms with van der Waals surface area (Å²) in [5, 5.41) is 7.00. The molecule has 0 aliphatic heterocycles. The van der Waals surface area contributed by atoms with Gasteiger partial charge in [0.05, 0.1) is 0 Å². The first-order valence-corrected chi connectivity index (χ1v) is 17.1. The van der Waals surface area contributed by atoms with Gasteiger partial charge < -0.3 is 5.11 Å². The monoisotopic (exact) mass is 616 g/mol. The van der Waals surface area contributed by atoms with Gasteiger partial charge in [-0.3, -0.25) is 0 Å². The SMILES string of the molecule is CC(C)c1ccccc1.CC(C)c1ccccc1.CCc1ccc(-c2ccc(CC)cc2)cc1.CCc1ccc(CC)cc1.CO. The van der Waals surface area contributed by atoms with Crippen molar-refractivity contribution < 1.29 is 5.11 Å². The van der Waals surface area contributed by atoms with Gasteiger partial charge in [-0.15, -0.1) is 0 Å². The molecule has 0 unspecified atom stereocenters. The summed E-state index contributed by atoms with van der Waals surface area (Å²) in [6, 6.07) is 47.5. The van der Waals surface area contributed by atoms with Gasteiger partial charge >= 0.3 is 0 Å². The van der Waals surface area contributed by atoms with Crippen LogP contribution in [0.3, 0.4) is 0 Å². The van der Waals surface area contributed by atoms with Gasteiger partial charge in [-0.1, -0.05) is 189 Å². The molecule has 0 bridgehead atoms. The molecule has 0 radical (unpaired) electrons. The van der Waals surface area contributed by atoms with Crippen molar-refractivity contribution in [1.29, 1.82) is 0 Å². The van der Waals surface area contributed by atoms with Crippen LogP contribution in [0.25, 0.3) is 11.1 Å². The third kappa shape index (κ3) is 15.9. The Kier molecular flexibility index (Phi) is 21.2. The van der Waals surface area contributed by atoms with Crippen molar-refractivity contribution in [3.8, 4) is 11.1 Å². The van der Waals surface area contributed by atoms with Crippen LogP contribution in [-0.4, -0.2) is 12.2 Å². The maximum absolute atomic E-state index is 7.00. The van der Waals surface area contributed by atoms with Crippen LogP contribution in [0.1, 0.15) is 101 Å². The summed E-state index contributed by atoms with van der Waals surface area (Å²) in [6.45, 7) is 17.5. The van der Waals surface area contributed by atoms with E-state index in [1.807, 2.05) is 12.1 Å². The molecule has 0 saturated carbocycles. The van der Waals surface area contributed by atoms with Gasteiger partial charge in [0, 0.05) is 7.11 Å². The summed E-state index contributed by atoms with van der Waals surface area (Å²) >= 11 is 0. The van der Waals surface area contributed by atoms with Crippen molar-refractivity contribution >= 4 is 0 Å². The lowest BCUT2D eigenvalue weighted by molar-refractivity contribution is 0.399. The molecule has 0 atom stereocenters. The van der Waals surface area contributed by atoms with Crippen LogP contribution in [0.15, 0.2) is 133 Å². The Hall–Kier alpha value is -3.94. The number of rotatable bonds is 7. The Balaban J connectivity index is 0.000000311. The van der Waals surface area contributed by atoms with Crippen molar-refractivity contribution in [2.24, 2.45) is 0 Å². The second kappa shape index (κ2) is 24.3. The van der Waals surface area contributed by atoms with Gasteiger partial charge in [-0.05, 0) is 82.0 Å². The van der Waals surface area contributed by atoms with E-state index in [9.17, 15) is 0 Å². The van der Waals surface area contributed by atoms with Gasteiger partial charge in [0.15, 0.2) is 0 Å². The topological polar surface area (TPSA) is 20.2 Å². The zero-order chi connectivity index (χ0) is 34.2. The van der Waals surface area contributed by atoms with Crippen molar-refractivity contribution in [1.82, 2.24) is 0 Å². The molecule has 1 nitrogen and oxygen atoms in total. The summed E-state index contributed by atoms with van der Waals surface area (Å²) < 4.78 is 0. The van der Waals surface area contributed by atoms with Gasteiger partial charge in [0.1, 0.15) is 0 Å². The number of aliphatic hydroxyl groups excluding tert-OH is 1. The first-order chi connectivity index (χ1) is 22.3. The minimum Gasteiger partial charge on any atom is -0.400 e. The molecule has 46 heavy (non-hydrogen) atoms. The summed E-state index contributed by atoms with van der Waals surface area (Å²) in [5.41, 5.74) is 11.1. The van der Waals surface area contributed by atoms with E-state index in [2.05, 4.69) is 177 Å². The molecule has 246 valence electrons. The zero-order valence-corrected chi connectivity index (χ0v) is 30.1. The van der Waals surface area contributed by atoms with E-state index in [4.69, 9.17) is 5.11 Å². The summed E-state index contributed by atoms with van der Waals surface area (Å²) in [5.74, 6) is 1.32. The van der Waals surface area contributed by atoms with Crippen LogP contribution < -0.4 is 0 Å². The standard InChI is InChI=1S/C16H18.C10H14.2C9H12.CH4O/c1-3-13-5-9-15(10-6-13)16-11-7-14(4-2)8-12-16;1-3-9-5-7-10(4-2)8-6-9;2*1-8(2)9-6-4-3-5-7-9;1-2/h5-12H,3-4H2,1-2H3;5-8H,3-4H2,1-2H3;2*3-8H,1-2H3;2H,1H3. The van der Waals surface area contributed by atoms with E-state index in [0.717, 1.165) is 32.8 Å². The van der Waals surface area contributed by atoms with Crippen molar-refractivity contribution in [3.63, 3.8) is 0 Å².